The molecule has 0 bridgehead atoms. The molecule has 8 nitrogen and oxygen atoms in total. The first-order valence-electron chi connectivity index (χ1n) is 8.05. The van der Waals surface area contributed by atoms with Gasteiger partial charge in [-0.1, -0.05) is 0 Å². The molecule has 1 aromatic heterocycles. The topological polar surface area (TPSA) is 102 Å². The molecule has 0 aliphatic carbocycles. The number of carbonyl (C=O) groups is 2. The molecule has 0 radical (unpaired) electrons. The van der Waals surface area contributed by atoms with E-state index in [4.69, 9.17) is 24.7 Å². The molecule has 1 aromatic carbocycles. The van der Waals surface area contributed by atoms with E-state index in [1.165, 1.54) is 25.0 Å². The maximum absolute atomic E-state index is 12.4. The van der Waals surface area contributed by atoms with Crippen LogP contribution in [-0.2, 0) is 9.47 Å². The third kappa shape index (κ3) is 3.58. The summed E-state index contributed by atoms with van der Waals surface area (Å²) in [6, 6.07) is 5.05. The molecule has 2 N–H and O–H groups in total. The average molecular weight is 362 g/mol. The maximum atomic E-state index is 12.4. The average Bonchev–Trinajstić information content (AvgIpc) is 2.99. The number of hydrogen-bond donors (Lipinski definition) is 1. The lowest BCUT2D eigenvalue weighted by atomic mass is 10.2. The summed E-state index contributed by atoms with van der Waals surface area (Å²) in [6.07, 6.45) is 1.45. The summed E-state index contributed by atoms with van der Waals surface area (Å²) in [6.45, 7) is 3.73. The molecule has 0 saturated heterocycles. The third-order valence-corrected chi connectivity index (χ3v) is 3.65. The number of aromatic nitrogens is 1. The molecule has 0 saturated carbocycles. The van der Waals surface area contributed by atoms with Crippen LogP contribution in [0, 0.1) is 0 Å². The quantitative estimate of drug-likeness (QED) is 0.755. The Morgan fingerprint density at radius 3 is 2.19 bits per heavy atom. The second-order valence-corrected chi connectivity index (χ2v) is 5.16. The second kappa shape index (κ2) is 8.28. The first-order chi connectivity index (χ1) is 12.5. The van der Waals surface area contributed by atoms with Crippen LogP contribution in [0.5, 0.6) is 11.5 Å². The molecule has 0 spiro atoms. The lowest BCUT2D eigenvalue weighted by Crippen LogP contribution is -2.13. The SMILES string of the molecule is CCOC(=O)c1cn(-c2ccc(OC)c(OC)c2)c(C(=O)OCC)c1N. The first kappa shape index (κ1) is 19.2. The fourth-order valence-electron chi connectivity index (χ4n) is 2.48. The van der Waals surface area contributed by atoms with E-state index >= 15 is 0 Å². The molecule has 0 unspecified atom stereocenters. The number of nitrogen functional groups attached to an aromatic ring is 1. The molecule has 0 aliphatic heterocycles. The predicted octanol–water partition coefficient (Wildman–Crippen LogP) is 2.43. The fourth-order valence-corrected chi connectivity index (χ4v) is 2.48. The number of nitrogens with zero attached hydrogens (tertiary/aromatic N) is 1. The summed E-state index contributed by atoms with van der Waals surface area (Å²) in [5.74, 6) is -0.269. The third-order valence-electron chi connectivity index (χ3n) is 3.65. The zero-order valence-corrected chi connectivity index (χ0v) is 15.2. The minimum Gasteiger partial charge on any atom is -0.493 e. The van der Waals surface area contributed by atoms with Gasteiger partial charge < -0.3 is 29.2 Å². The summed E-state index contributed by atoms with van der Waals surface area (Å²) in [5.41, 5.74) is 6.73. The highest BCUT2D eigenvalue weighted by atomic mass is 16.5. The number of esters is 2. The Morgan fingerprint density at radius 2 is 1.62 bits per heavy atom. The van der Waals surface area contributed by atoms with Gasteiger partial charge in [0.2, 0.25) is 0 Å². The smallest absolute Gasteiger partial charge is 0.357 e. The second-order valence-electron chi connectivity index (χ2n) is 5.16. The molecular formula is C18H22N2O6. The molecule has 0 fully saturated rings. The highest BCUT2D eigenvalue weighted by Gasteiger charge is 2.26. The molecule has 1 heterocycles. The van der Waals surface area contributed by atoms with Crippen molar-refractivity contribution in [3.05, 3.63) is 35.7 Å². The number of anilines is 1. The van der Waals surface area contributed by atoms with Gasteiger partial charge in [0.15, 0.2) is 17.2 Å². The van der Waals surface area contributed by atoms with Gasteiger partial charge in [-0.2, -0.15) is 0 Å². The molecule has 140 valence electrons. The monoisotopic (exact) mass is 362 g/mol. The van der Waals surface area contributed by atoms with E-state index in [0.29, 0.717) is 17.2 Å². The summed E-state index contributed by atoms with van der Waals surface area (Å²) in [7, 11) is 3.02. The van der Waals surface area contributed by atoms with Crippen molar-refractivity contribution in [1.82, 2.24) is 4.57 Å². The number of ether oxygens (including phenoxy) is 4. The van der Waals surface area contributed by atoms with Crippen LogP contribution in [0.4, 0.5) is 5.69 Å². The van der Waals surface area contributed by atoms with Gasteiger partial charge in [0.25, 0.3) is 0 Å². The molecule has 8 heteroatoms. The van der Waals surface area contributed by atoms with Crippen molar-refractivity contribution in [2.75, 3.05) is 33.2 Å². The van der Waals surface area contributed by atoms with Crippen LogP contribution in [0.25, 0.3) is 5.69 Å². The van der Waals surface area contributed by atoms with Crippen molar-refractivity contribution >= 4 is 17.6 Å². The maximum Gasteiger partial charge on any atom is 0.357 e. The molecule has 0 aliphatic rings. The van der Waals surface area contributed by atoms with E-state index in [-0.39, 0.29) is 30.2 Å². The van der Waals surface area contributed by atoms with E-state index in [2.05, 4.69) is 0 Å². The van der Waals surface area contributed by atoms with Crippen LogP contribution < -0.4 is 15.2 Å². The summed E-state index contributed by atoms with van der Waals surface area (Å²) in [4.78, 5) is 24.6. The van der Waals surface area contributed by atoms with Crippen LogP contribution in [-0.4, -0.2) is 43.9 Å². The van der Waals surface area contributed by atoms with Gasteiger partial charge in [-0.05, 0) is 26.0 Å². The number of rotatable bonds is 7. The summed E-state index contributed by atoms with van der Waals surface area (Å²) >= 11 is 0. The Labute approximate surface area is 151 Å². The van der Waals surface area contributed by atoms with Crippen molar-refractivity contribution < 1.29 is 28.5 Å². The van der Waals surface area contributed by atoms with Gasteiger partial charge in [0.05, 0.1) is 33.1 Å². The van der Waals surface area contributed by atoms with Gasteiger partial charge in [-0.15, -0.1) is 0 Å². The van der Waals surface area contributed by atoms with Crippen LogP contribution in [0.3, 0.4) is 0 Å². The largest absolute Gasteiger partial charge is 0.493 e. The molecule has 0 amide bonds. The van der Waals surface area contributed by atoms with E-state index in [9.17, 15) is 9.59 Å². The van der Waals surface area contributed by atoms with E-state index in [0.717, 1.165) is 0 Å². The van der Waals surface area contributed by atoms with Crippen molar-refractivity contribution in [2.45, 2.75) is 13.8 Å². The van der Waals surface area contributed by atoms with Crippen LogP contribution in [0.1, 0.15) is 34.7 Å². The van der Waals surface area contributed by atoms with Crippen molar-refractivity contribution in [3.8, 4) is 17.2 Å². The van der Waals surface area contributed by atoms with Gasteiger partial charge in [0, 0.05) is 18.0 Å². The lowest BCUT2D eigenvalue weighted by Gasteiger charge is -2.12. The number of nitrogens with two attached hydrogens (primary N) is 1. The number of methoxy groups -OCH3 is 2. The number of hydrogen-bond acceptors (Lipinski definition) is 7. The van der Waals surface area contributed by atoms with Crippen molar-refractivity contribution in [2.24, 2.45) is 0 Å². The van der Waals surface area contributed by atoms with E-state index < -0.39 is 11.9 Å². The van der Waals surface area contributed by atoms with Crippen LogP contribution >= 0.6 is 0 Å². The minimum absolute atomic E-state index is 0.00307. The Kier molecular flexibility index (Phi) is 6.11. The molecule has 2 rings (SSSR count). The Hall–Kier alpha value is -3.16. The van der Waals surface area contributed by atoms with Crippen molar-refractivity contribution in [3.63, 3.8) is 0 Å². The van der Waals surface area contributed by atoms with Crippen LogP contribution in [0.2, 0.25) is 0 Å². The molecule has 2 aromatic rings. The Morgan fingerprint density at radius 1 is 1.00 bits per heavy atom. The standard InChI is InChI=1S/C18H22N2O6/c1-5-25-17(21)12-10-20(16(15(12)19)18(22)26-6-2)11-7-8-13(23-3)14(9-11)24-4/h7-10H,5-6,19H2,1-4H3. The van der Waals surface area contributed by atoms with Gasteiger partial charge in [-0.25, -0.2) is 9.59 Å². The van der Waals surface area contributed by atoms with Gasteiger partial charge >= 0.3 is 11.9 Å². The minimum atomic E-state index is -0.643. The number of carbonyl (C=O) groups excluding carboxylic acids is 2. The summed E-state index contributed by atoms with van der Waals surface area (Å²) in [5, 5.41) is 0. The van der Waals surface area contributed by atoms with Crippen molar-refractivity contribution in [1.29, 1.82) is 0 Å². The normalized spacial score (nSPS) is 10.3. The molecular weight excluding hydrogens is 340 g/mol. The highest BCUT2D eigenvalue weighted by molar-refractivity contribution is 6.04. The lowest BCUT2D eigenvalue weighted by molar-refractivity contribution is 0.0516. The zero-order valence-electron chi connectivity index (χ0n) is 15.2. The Balaban J connectivity index is 2.64. The Bertz CT molecular complexity index is 812. The predicted molar refractivity (Wildman–Crippen MR) is 95.2 cm³/mol. The summed E-state index contributed by atoms with van der Waals surface area (Å²) < 4.78 is 22.1. The van der Waals surface area contributed by atoms with E-state index in [1.54, 1.807) is 32.0 Å². The molecule has 26 heavy (non-hydrogen) atoms. The fraction of sp³-hybridized carbons (Fsp3) is 0.333. The zero-order chi connectivity index (χ0) is 19.3. The number of benzene rings is 1. The van der Waals surface area contributed by atoms with Crippen LogP contribution in [0.15, 0.2) is 24.4 Å². The highest BCUT2D eigenvalue weighted by Crippen LogP contribution is 2.32. The first-order valence-corrected chi connectivity index (χ1v) is 8.05. The van der Waals surface area contributed by atoms with Gasteiger partial charge in [0.1, 0.15) is 5.56 Å². The van der Waals surface area contributed by atoms with E-state index in [1.807, 2.05) is 0 Å². The van der Waals surface area contributed by atoms with Gasteiger partial charge in [-0.3, -0.25) is 0 Å². The molecule has 0 atom stereocenters.